The number of carbonyl (C=O) groups excluding carboxylic acids is 2. The number of nitrogens with zero attached hydrogens (tertiary/aromatic N) is 2. The lowest BCUT2D eigenvalue weighted by atomic mass is 9.88. The van der Waals surface area contributed by atoms with Crippen molar-refractivity contribution in [1.29, 1.82) is 0 Å². The first-order chi connectivity index (χ1) is 12.1. The average Bonchev–Trinajstić information content (AvgIpc) is 2.87. The van der Waals surface area contributed by atoms with Crippen molar-refractivity contribution >= 4 is 28.5 Å². The monoisotopic (exact) mass is 340 g/mol. The van der Waals surface area contributed by atoms with Crippen molar-refractivity contribution < 1.29 is 9.59 Å². The van der Waals surface area contributed by atoms with Gasteiger partial charge in [-0.2, -0.15) is 0 Å². The number of fused-ring (bicyclic) bond motifs is 1. The second-order valence-corrected chi connectivity index (χ2v) is 7.01. The van der Waals surface area contributed by atoms with E-state index in [1.54, 1.807) is 4.90 Å². The maximum atomic E-state index is 12.3. The molecule has 4 rings (SSSR count). The summed E-state index contributed by atoms with van der Waals surface area (Å²) >= 11 is 0. The second-order valence-electron chi connectivity index (χ2n) is 7.01. The molecule has 25 heavy (non-hydrogen) atoms. The fraction of sp³-hybridized carbons (Fsp3) is 0.474. The molecular formula is C19H24N4O2. The minimum Gasteiger partial charge on any atom is -0.346 e. The first-order valence-electron chi connectivity index (χ1n) is 8.98. The third-order valence-electron chi connectivity index (χ3n) is 5.63. The highest BCUT2D eigenvalue weighted by Gasteiger charge is 2.29. The maximum absolute atomic E-state index is 12.3. The Kier molecular flexibility index (Phi) is 4.00. The molecule has 2 aliphatic heterocycles. The molecule has 0 saturated carbocycles. The SMILES string of the molecule is Cc1c(C2CCNCC2)c2cccc(N3CCC(=O)NC3=O)c2n1C. The fourth-order valence-electron chi connectivity index (χ4n) is 4.28. The standard InChI is InChI=1S/C19H24N4O2/c1-12-17(13-6-9-20-10-7-13)14-4-3-5-15(18(14)22(12)2)23-11-8-16(24)21-19(23)25/h3-5,13,20H,6-11H2,1-2H3,(H,21,24,25). The lowest BCUT2D eigenvalue weighted by Crippen LogP contribution is -2.49. The highest BCUT2D eigenvalue weighted by Crippen LogP contribution is 2.39. The molecule has 0 aliphatic carbocycles. The maximum Gasteiger partial charge on any atom is 0.328 e. The number of hydrogen-bond acceptors (Lipinski definition) is 3. The average molecular weight is 340 g/mol. The Bertz CT molecular complexity index is 849. The van der Waals surface area contributed by atoms with Gasteiger partial charge in [0.2, 0.25) is 5.91 Å². The van der Waals surface area contributed by atoms with Gasteiger partial charge < -0.3 is 9.88 Å². The third-order valence-corrected chi connectivity index (χ3v) is 5.63. The van der Waals surface area contributed by atoms with Gasteiger partial charge in [-0.15, -0.1) is 0 Å². The predicted molar refractivity (Wildman–Crippen MR) is 98.0 cm³/mol. The first-order valence-corrected chi connectivity index (χ1v) is 8.98. The summed E-state index contributed by atoms with van der Waals surface area (Å²) in [6, 6.07) is 5.83. The van der Waals surface area contributed by atoms with Crippen LogP contribution >= 0.6 is 0 Å². The number of imide groups is 1. The third kappa shape index (κ3) is 2.61. The van der Waals surface area contributed by atoms with Gasteiger partial charge in [-0.05, 0) is 50.4 Å². The molecule has 2 aromatic rings. The van der Waals surface area contributed by atoms with E-state index >= 15 is 0 Å². The van der Waals surface area contributed by atoms with E-state index < -0.39 is 0 Å². The van der Waals surface area contributed by atoms with E-state index in [-0.39, 0.29) is 11.9 Å². The van der Waals surface area contributed by atoms with Gasteiger partial charge in [0, 0.05) is 31.1 Å². The highest BCUT2D eigenvalue weighted by molar-refractivity contribution is 6.10. The van der Waals surface area contributed by atoms with Crippen LogP contribution in [0.2, 0.25) is 0 Å². The number of aromatic nitrogens is 1. The molecule has 3 heterocycles. The van der Waals surface area contributed by atoms with E-state index in [1.165, 1.54) is 16.6 Å². The van der Waals surface area contributed by atoms with Crippen LogP contribution in [0.15, 0.2) is 18.2 Å². The Hall–Kier alpha value is -2.34. The molecule has 1 aromatic carbocycles. The summed E-state index contributed by atoms with van der Waals surface area (Å²) in [5.41, 5.74) is 4.64. The van der Waals surface area contributed by atoms with Crippen molar-refractivity contribution in [2.24, 2.45) is 7.05 Å². The van der Waals surface area contributed by atoms with Crippen molar-refractivity contribution in [3.8, 4) is 0 Å². The number of rotatable bonds is 2. The number of aryl methyl sites for hydroxylation is 1. The van der Waals surface area contributed by atoms with Crippen LogP contribution in [-0.4, -0.2) is 36.1 Å². The van der Waals surface area contributed by atoms with Crippen LogP contribution in [0.3, 0.4) is 0 Å². The Morgan fingerprint density at radius 1 is 1.16 bits per heavy atom. The summed E-state index contributed by atoms with van der Waals surface area (Å²) in [5.74, 6) is 0.351. The summed E-state index contributed by atoms with van der Waals surface area (Å²) in [4.78, 5) is 25.5. The Balaban J connectivity index is 1.85. The van der Waals surface area contributed by atoms with E-state index in [2.05, 4.69) is 35.2 Å². The van der Waals surface area contributed by atoms with Gasteiger partial charge in [0.05, 0.1) is 11.2 Å². The molecule has 0 unspecified atom stereocenters. The minimum absolute atomic E-state index is 0.202. The molecule has 6 heteroatoms. The van der Waals surface area contributed by atoms with Crippen molar-refractivity contribution in [3.63, 3.8) is 0 Å². The number of amides is 3. The molecule has 0 radical (unpaired) electrons. The Morgan fingerprint density at radius 2 is 1.92 bits per heavy atom. The fourth-order valence-corrected chi connectivity index (χ4v) is 4.28. The molecule has 1 aromatic heterocycles. The van der Waals surface area contributed by atoms with Crippen molar-refractivity contribution in [2.75, 3.05) is 24.5 Å². The van der Waals surface area contributed by atoms with Gasteiger partial charge in [0.1, 0.15) is 0 Å². The summed E-state index contributed by atoms with van der Waals surface area (Å²) in [6.45, 7) is 4.70. The molecular weight excluding hydrogens is 316 g/mol. The molecule has 2 fully saturated rings. The number of urea groups is 1. The van der Waals surface area contributed by atoms with E-state index in [0.29, 0.717) is 18.9 Å². The molecule has 0 bridgehead atoms. The van der Waals surface area contributed by atoms with Crippen LogP contribution in [0.25, 0.3) is 10.9 Å². The summed E-state index contributed by atoms with van der Waals surface area (Å²) < 4.78 is 2.20. The van der Waals surface area contributed by atoms with Crippen molar-refractivity contribution in [1.82, 2.24) is 15.2 Å². The summed E-state index contributed by atoms with van der Waals surface area (Å²) in [7, 11) is 2.07. The number of para-hydroxylation sites is 1. The van der Waals surface area contributed by atoms with Crippen LogP contribution < -0.4 is 15.5 Å². The van der Waals surface area contributed by atoms with Gasteiger partial charge in [0.15, 0.2) is 0 Å². The van der Waals surface area contributed by atoms with Crippen molar-refractivity contribution in [2.45, 2.75) is 32.1 Å². The van der Waals surface area contributed by atoms with E-state index in [1.807, 2.05) is 12.1 Å². The van der Waals surface area contributed by atoms with Gasteiger partial charge >= 0.3 is 6.03 Å². The van der Waals surface area contributed by atoms with Gasteiger partial charge in [-0.1, -0.05) is 12.1 Å². The quantitative estimate of drug-likeness (QED) is 0.882. The number of nitrogens with one attached hydrogen (secondary N) is 2. The molecule has 0 spiro atoms. The molecule has 2 aliphatic rings. The number of benzene rings is 1. The highest BCUT2D eigenvalue weighted by atomic mass is 16.2. The zero-order chi connectivity index (χ0) is 17.6. The molecule has 0 atom stereocenters. The largest absolute Gasteiger partial charge is 0.346 e. The Labute approximate surface area is 147 Å². The number of hydrogen-bond donors (Lipinski definition) is 2. The zero-order valence-electron chi connectivity index (χ0n) is 14.8. The first kappa shape index (κ1) is 16.1. The van der Waals surface area contributed by atoms with Crippen LogP contribution in [0, 0.1) is 6.92 Å². The van der Waals surface area contributed by atoms with E-state index in [4.69, 9.17) is 0 Å². The summed E-state index contributed by atoms with van der Waals surface area (Å²) in [5, 5.41) is 7.09. The molecule has 132 valence electrons. The van der Waals surface area contributed by atoms with Gasteiger partial charge in [0.25, 0.3) is 0 Å². The molecule has 2 saturated heterocycles. The lowest BCUT2D eigenvalue weighted by molar-refractivity contribution is -0.120. The topological polar surface area (TPSA) is 66.4 Å². The summed E-state index contributed by atoms with van der Waals surface area (Å²) in [6.07, 6.45) is 2.62. The predicted octanol–water partition coefficient (Wildman–Crippen LogP) is 2.40. The van der Waals surface area contributed by atoms with Crippen LogP contribution in [-0.2, 0) is 11.8 Å². The molecule has 6 nitrogen and oxygen atoms in total. The van der Waals surface area contributed by atoms with Crippen LogP contribution in [0.5, 0.6) is 0 Å². The smallest absolute Gasteiger partial charge is 0.328 e. The van der Waals surface area contributed by atoms with E-state index in [0.717, 1.165) is 37.1 Å². The van der Waals surface area contributed by atoms with E-state index in [9.17, 15) is 9.59 Å². The number of piperidine rings is 1. The second kappa shape index (κ2) is 6.19. The Morgan fingerprint density at radius 3 is 2.64 bits per heavy atom. The van der Waals surface area contributed by atoms with Crippen LogP contribution in [0.4, 0.5) is 10.5 Å². The minimum atomic E-state index is -0.328. The van der Waals surface area contributed by atoms with Gasteiger partial charge in [-0.3, -0.25) is 15.0 Å². The number of carbonyl (C=O) groups is 2. The van der Waals surface area contributed by atoms with Crippen molar-refractivity contribution in [3.05, 3.63) is 29.5 Å². The zero-order valence-corrected chi connectivity index (χ0v) is 14.8. The lowest BCUT2D eigenvalue weighted by Gasteiger charge is -2.27. The number of anilines is 1. The normalized spacial score (nSPS) is 19.5. The molecule has 3 amide bonds. The molecule has 2 N–H and O–H groups in total. The van der Waals surface area contributed by atoms with Crippen LogP contribution in [0.1, 0.15) is 36.4 Å². The van der Waals surface area contributed by atoms with Gasteiger partial charge in [-0.25, -0.2) is 4.79 Å².